The van der Waals surface area contributed by atoms with E-state index in [1.54, 1.807) is 24.2 Å². The van der Waals surface area contributed by atoms with Crippen molar-refractivity contribution in [3.05, 3.63) is 23.3 Å². The van der Waals surface area contributed by atoms with Gasteiger partial charge in [0, 0.05) is 36.8 Å². The van der Waals surface area contributed by atoms with E-state index in [4.69, 9.17) is 4.74 Å². The third kappa shape index (κ3) is 5.94. The molecule has 0 saturated carbocycles. The van der Waals surface area contributed by atoms with Crippen LogP contribution in [0.4, 0.5) is 22.0 Å². The highest BCUT2D eigenvalue weighted by atomic mass is 32.2. The summed E-state index contributed by atoms with van der Waals surface area (Å²) in [6, 6.07) is 1.72. The number of sulfonamides is 1. The van der Waals surface area contributed by atoms with Gasteiger partial charge in [0.2, 0.25) is 16.0 Å². The number of hydrogen-bond donors (Lipinski definition) is 3. The topological polar surface area (TPSA) is 142 Å². The fourth-order valence-electron chi connectivity index (χ4n) is 5.06. The third-order valence-electron chi connectivity index (χ3n) is 6.77. The van der Waals surface area contributed by atoms with Crippen molar-refractivity contribution < 1.29 is 22.3 Å². The van der Waals surface area contributed by atoms with Gasteiger partial charge in [-0.05, 0) is 45.4 Å². The predicted octanol–water partition coefficient (Wildman–Crippen LogP) is 3.24. The van der Waals surface area contributed by atoms with Crippen LogP contribution in [-0.2, 0) is 26.2 Å². The van der Waals surface area contributed by atoms with Crippen molar-refractivity contribution in [2.45, 2.75) is 78.0 Å². The smallest absolute Gasteiger partial charge is 0.305 e. The van der Waals surface area contributed by atoms with Crippen LogP contribution in [0.15, 0.2) is 6.07 Å². The van der Waals surface area contributed by atoms with E-state index in [-0.39, 0.29) is 54.2 Å². The second-order valence-electron chi connectivity index (χ2n) is 9.42. The average molecular weight is 524 g/mol. The van der Waals surface area contributed by atoms with Crippen LogP contribution in [0.2, 0.25) is 0 Å². The van der Waals surface area contributed by atoms with Crippen molar-refractivity contribution in [2.75, 3.05) is 22.9 Å². The number of aryl methyl sites for hydroxylation is 1. The zero-order valence-corrected chi connectivity index (χ0v) is 21.7. The molecular weight excluding hydrogens is 489 g/mol. The maximum atomic E-state index is 15.1. The predicted molar refractivity (Wildman–Crippen MR) is 133 cm³/mol. The largest absolute Gasteiger partial charge is 0.459 e. The highest BCUT2D eigenvalue weighted by Crippen LogP contribution is 2.39. The number of nitrogens with one attached hydrogen (secondary N) is 3. The van der Waals surface area contributed by atoms with Gasteiger partial charge in [-0.3, -0.25) is 9.89 Å². The molecule has 2 saturated heterocycles. The zero-order valence-electron chi connectivity index (χ0n) is 20.9. The molecule has 13 heteroatoms. The van der Waals surface area contributed by atoms with Crippen LogP contribution in [-0.4, -0.2) is 63.2 Å². The molecule has 2 atom stereocenters. The Bertz CT molecular complexity index is 1180. The van der Waals surface area contributed by atoms with Crippen molar-refractivity contribution in [2.24, 2.45) is 5.92 Å². The molecule has 0 radical (unpaired) electrons. The monoisotopic (exact) mass is 523 g/mol. The molecule has 0 aromatic carbocycles. The molecule has 0 spiro atoms. The molecule has 198 valence electrons. The van der Waals surface area contributed by atoms with Gasteiger partial charge in [0.15, 0.2) is 17.5 Å². The Hall–Kier alpha value is -2.80. The Morgan fingerprint density at radius 1 is 1.25 bits per heavy atom. The lowest BCUT2D eigenvalue weighted by Gasteiger charge is -2.47. The summed E-state index contributed by atoms with van der Waals surface area (Å²) in [7, 11) is -3.24. The highest BCUT2D eigenvalue weighted by molar-refractivity contribution is 7.89. The molecule has 2 unspecified atom stereocenters. The lowest BCUT2D eigenvalue weighted by Crippen LogP contribution is -2.55. The van der Waals surface area contributed by atoms with Crippen LogP contribution in [0, 0.1) is 18.7 Å². The van der Waals surface area contributed by atoms with Gasteiger partial charge in [0.25, 0.3) is 0 Å². The van der Waals surface area contributed by atoms with E-state index >= 15 is 4.39 Å². The number of carbonyl (C=O) groups excluding carboxylic acids is 1. The Morgan fingerprint density at radius 2 is 1.97 bits per heavy atom. The molecule has 3 N–H and O–H groups in total. The minimum absolute atomic E-state index is 0.00698. The maximum absolute atomic E-state index is 15.1. The average Bonchev–Trinajstić information content (AvgIpc) is 3.26. The number of halogens is 1. The summed E-state index contributed by atoms with van der Waals surface area (Å²) in [5, 5.41) is 12.9. The summed E-state index contributed by atoms with van der Waals surface area (Å²) >= 11 is 0. The molecule has 2 aliphatic heterocycles. The van der Waals surface area contributed by atoms with Crippen LogP contribution >= 0.6 is 0 Å². The van der Waals surface area contributed by atoms with E-state index in [2.05, 4.69) is 30.8 Å². The number of esters is 1. The summed E-state index contributed by atoms with van der Waals surface area (Å²) in [6.45, 7) is 5.37. The minimum Gasteiger partial charge on any atom is -0.459 e. The minimum atomic E-state index is -3.24. The number of rotatable bonds is 10. The number of piperidine rings is 2. The quantitative estimate of drug-likeness (QED) is 0.400. The number of hydrogen-bond acceptors (Lipinski definition) is 9. The molecule has 4 rings (SSSR count). The van der Waals surface area contributed by atoms with Gasteiger partial charge < -0.3 is 15.4 Å². The van der Waals surface area contributed by atoms with Crippen molar-refractivity contribution in [3.8, 4) is 0 Å². The summed E-state index contributed by atoms with van der Waals surface area (Å²) in [5.41, 5.74) is 0.745. The Kier molecular flexibility index (Phi) is 8.08. The van der Waals surface area contributed by atoms with Gasteiger partial charge in [-0.1, -0.05) is 13.3 Å². The number of H-pyrrole nitrogens is 1. The number of fused-ring (bicyclic) bond motifs is 2. The number of aromatic amines is 1. The fourth-order valence-corrected chi connectivity index (χ4v) is 6.65. The summed E-state index contributed by atoms with van der Waals surface area (Å²) in [5.74, 6) is -0.333. The number of ether oxygens (including phenoxy) is 1. The van der Waals surface area contributed by atoms with Crippen LogP contribution < -0.4 is 10.6 Å². The van der Waals surface area contributed by atoms with Gasteiger partial charge in [-0.25, -0.2) is 17.8 Å². The van der Waals surface area contributed by atoms with Gasteiger partial charge in [0.1, 0.15) is 12.3 Å². The van der Waals surface area contributed by atoms with E-state index in [1.165, 1.54) is 0 Å². The third-order valence-corrected chi connectivity index (χ3v) is 8.74. The van der Waals surface area contributed by atoms with Gasteiger partial charge >= 0.3 is 5.97 Å². The molecule has 4 heterocycles. The Balaban J connectivity index is 1.50. The number of nitrogens with zero attached hydrogens (tertiary/aromatic N) is 4. The number of carbonyl (C=O) groups is 1. The van der Waals surface area contributed by atoms with E-state index in [1.807, 2.05) is 6.92 Å². The molecular formula is C23H34FN7O4S. The van der Waals surface area contributed by atoms with Crippen LogP contribution in [0.25, 0.3) is 0 Å². The SMILES string of the molecule is CCC(=O)OCc1nc(NCC2CC3CCCC(C2)N3S(=O)(=O)CC)nc(Nc2cc(C)[nH]n2)c1F. The molecule has 2 aromatic rings. The van der Waals surface area contributed by atoms with Crippen molar-refractivity contribution in [1.82, 2.24) is 24.5 Å². The van der Waals surface area contributed by atoms with E-state index in [0.29, 0.717) is 12.4 Å². The van der Waals surface area contributed by atoms with Crippen molar-refractivity contribution >= 4 is 33.6 Å². The maximum Gasteiger partial charge on any atom is 0.305 e. The second kappa shape index (κ2) is 11.1. The van der Waals surface area contributed by atoms with Crippen LogP contribution in [0.5, 0.6) is 0 Å². The Morgan fingerprint density at radius 3 is 2.58 bits per heavy atom. The highest BCUT2D eigenvalue weighted by Gasteiger charge is 2.43. The number of aromatic nitrogens is 4. The van der Waals surface area contributed by atoms with Gasteiger partial charge in [0.05, 0.1) is 5.75 Å². The molecule has 2 fully saturated rings. The van der Waals surface area contributed by atoms with E-state index in [0.717, 1.165) is 37.8 Å². The molecule has 2 bridgehead atoms. The second-order valence-corrected chi connectivity index (χ2v) is 11.6. The van der Waals surface area contributed by atoms with Crippen LogP contribution in [0.1, 0.15) is 63.8 Å². The zero-order chi connectivity index (χ0) is 25.9. The summed E-state index contributed by atoms with van der Waals surface area (Å²) in [4.78, 5) is 20.2. The van der Waals surface area contributed by atoms with Gasteiger partial charge in [-0.15, -0.1) is 0 Å². The van der Waals surface area contributed by atoms with Crippen molar-refractivity contribution in [3.63, 3.8) is 0 Å². The molecule has 36 heavy (non-hydrogen) atoms. The first kappa shape index (κ1) is 26.3. The summed E-state index contributed by atoms with van der Waals surface area (Å²) in [6.07, 6.45) is 4.44. The molecule has 2 aliphatic rings. The first-order valence-electron chi connectivity index (χ1n) is 12.5. The standard InChI is InChI=1S/C23H34FN7O4S/c1-4-20(32)35-13-18-21(24)22(27-19-9-14(3)29-30-19)28-23(26-18)25-12-15-10-16-7-6-8-17(11-15)31(16)36(33,34)5-2/h9,15-17H,4-8,10-13H2,1-3H3,(H3,25,26,27,28,29,30). The van der Waals surface area contributed by atoms with Crippen molar-refractivity contribution in [1.29, 1.82) is 0 Å². The lowest BCUT2D eigenvalue weighted by atomic mass is 9.80. The molecule has 11 nitrogen and oxygen atoms in total. The molecule has 0 amide bonds. The first-order valence-corrected chi connectivity index (χ1v) is 14.1. The number of anilines is 3. The van der Waals surface area contributed by atoms with E-state index in [9.17, 15) is 13.2 Å². The molecule has 2 aromatic heterocycles. The van der Waals surface area contributed by atoms with Crippen LogP contribution in [0.3, 0.4) is 0 Å². The lowest BCUT2D eigenvalue weighted by molar-refractivity contribution is -0.144. The normalized spacial score (nSPS) is 22.3. The molecule has 0 aliphatic carbocycles. The first-order chi connectivity index (χ1) is 17.2. The summed E-state index contributed by atoms with van der Waals surface area (Å²) < 4.78 is 47.3. The van der Waals surface area contributed by atoms with Gasteiger partial charge in [-0.2, -0.15) is 14.4 Å². The van der Waals surface area contributed by atoms with E-state index < -0.39 is 21.8 Å². The Labute approximate surface area is 210 Å². The fraction of sp³-hybridized carbons (Fsp3) is 0.652.